The normalized spacial score (nSPS) is 13.4. The highest BCUT2D eigenvalue weighted by molar-refractivity contribution is 6.30. The van der Waals surface area contributed by atoms with Gasteiger partial charge in [-0.05, 0) is 38.5 Å². The van der Waals surface area contributed by atoms with Crippen LogP contribution in [0.5, 0.6) is 0 Å². The Labute approximate surface area is 103 Å². The van der Waals surface area contributed by atoms with Crippen LogP contribution in [0.2, 0.25) is 5.02 Å². The summed E-state index contributed by atoms with van der Waals surface area (Å²) in [6, 6.07) is 8.57. The highest BCUT2D eigenvalue weighted by Gasteiger charge is 2.18. The predicted molar refractivity (Wildman–Crippen MR) is 68.8 cm³/mol. The average Bonchev–Trinajstić information content (AvgIpc) is 2.24. The Hall–Kier alpha value is -0.570. The molecule has 16 heavy (non-hydrogen) atoms. The molecular formula is C13H20ClNO. The first kappa shape index (κ1) is 13.5. The van der Waals surface area contributed by atoms with Crippen LogP contribution < -0.4 is 0 Å². The van der Waals surface area contributed by atoms with Crippen LogP contribution in [0.25, 0.3) is 0 Å². The molecule has 1 aromatic carbocycles. The summed E-state index contributed by atoms with van der Waals surface area (Å²) in [6.07, 6.45) is 0. The van der Waals surface area contributed by atoms with Crippen molar-refractivity contribution in [2.24, 2.45) is 0 Å². The first-order chi connectivity index (χ1) is 7.56. The molecule has 1 N–H and O–H groups in total. The van der Waals surface area contributed by atoms with Crippen molar-refractivity contribution in [1.82, 2.24) is 4.90 Å². The fourth-order valence-corrected chi connectivity index (χ4v) is 2.17. The third-order valence-corrected chi connectivity index (χ3v) is 3.09. The Balaban J connectivity index is 2.85. The molecule has 0 heterocycles. The summed E-state index contributed by atoms with van der Waals surface area (Å²) in [6.45, 7) is 7.28. The molecule has 0 fully saturated rings. The summed E-state index contributed by atoms with van der Waals surface area (Å²) in [5, 5.41) is 9.83. The molecule has 0 bridgehead atoms. The lowest BCUT2D eigenvalue weighted by molar-refractivity contribution is 0.126. The van der Waals surface area contributed by atoms with Gasteiger partial charge in [-0.3, -0.25) is 4.90 Å². The van der Waals surface area contributed by atoms with Gasteiger partial charge in [-0.15, -0.1) is 0 Å². The minimum Gasteiger partial charge on any atom is -0.395 e. The van der Waals surface area contributed by atoms with Crippen LogP contribution in [0.3, 0.4) is 0 Å². The van der Waals surface area contributed by atoms with E-state index in [0.29, 0.717) is 12.6 Å². The lowest BCUT2D eigenvalue weighted by atomic mass is 10.1. The molecule has 0 saturated heterocycles. The molecule has 3 heteroatoms. The molecule has 90 valence electrons. The molecule has 0 aliphatic heterocycles. The standard InChI is InChI=1S/C13H20ClNO/c1-10(2)15(7-8-16)11(3)12-5-4-6-13(14)9-12/h4-6,9-11,16H,7-8H2,1-3H3/t11-/m0/s1. The third kappa shape index (κ3) is 3.48. The molecule has 1 atom stereocenters. The van der Waals surface area contributed by atoms with Gasteiger partial charge >= 0.3 is 0 Å². The molecule has 0 spiro atoms. The van der Waals surface area contributed by atoms with Gasteiger partial charge in [0.05, 0.1) is 6.61 Å². The van der Waals surface area contributed by atoms with E-state index in [0.717, 1.165) is 5.02 Å². The Morgan fingerprint density at radius 3 is 2.50 bits per heavy atom. The van der Waals surface area contributed by atoms with Gasteiger partial charge in [0.1, 0.15) is 0 Å². The van der Waals surface area contributed by atoms with Gasteiger partial charge in [-0.2, -0.15) is 0 Å². The molecule has 0 amide bonds. The van der Waals surface area contributed by atoms with Crippen molar-refractivity contribution in [3.8, 4) is 0 Å². The SMILES string of the molecule is CC(C)N(CCO)[C@@H](C)c1cccc(Cl)c1. The Morgan fingerprint density at radius 2 is 2.00 bits per heavy atom. The fraction of sp³-hybridized carbons (Fsp3) is 0.538. The average molecular weight is 242 g/mol. The van der Waals surface area contributed by atoms with Crippen molar-refractivity contribution in [2.75, 3.05) is 13.2 Å². The molecule has 2 nitrogen and oxygen atoms in total. The number of hydrogen-bond acceptors (Lipinski definition) is 2. The number of aliphatic hydroxyl groups is 1. The molecule has 1 rings (SSSR count). The van der Waals surface area contributed by atoms with Gasteiger partial charge in [-0.1, -0.05) is 23.7 Å². The van der Waals surface area contributed by atoms with Gasteiger partial charge in [0.2, 0.25) is 0 Å². The van der Waals surface area contributed by atoms with E-state index in [-0.39, 0.29) is 12.6 Å². The maximum Gasteiger partial charge on any atom is 0.0558 e. The summed E-state index contributed by atoms with van der Waals surface area (Å²) in [4.78, 5) is 2.26. The van der Waals surface area contributed by atoms with E-state index < -0.39 is 0 Å². The van der Waals surface area contributed by atoms with E-state index in [9.17, 15) is 0 Å². The van der Waals surface area contributed by atoms with Crippen molar-refractivity contribution >= 4 is 11.6 Å². The summed E-state index contributed by atoms with van der Waals surface area (Å²) in [7, 11) is 0. The molecule has 0 aliphatic rings. The largest absolute Gasteiger partial charge is 0.395 e. The van der Waals surface area contributed by atoms with Crippen LogP contribution in [-0.2, 0) is 0 Å². The molecule has 0 saturated carbocycles. The Morgan fingerprint density at radius 1 is 1.31 bits per heavy atom. The minimum atomic E-state index is 0.184. The molecule has 0 unspecified atom stereocenters. The van der Waals surface area contributed by atoms with E-state index >= 15 is 0 Å². The Bertz CT molecular complexity index is 327. The van der Waals surface area contributed by atoms with E-state index in [1.165, 1.54) is 5.56 Å². The molecule has 1 aromatic rings. The molecule has 0 aliphatic carbocycles. The maximum absolute atomic E-state index is 9.07. The van der Waals surface area contributed by atoms with Crippen LogP contribution in [0.1, 0.15) is 32.4 Å². The third-order valence-electron chi connectivity index (χ3n) is 2.85. The quantitative estimate of drug-likeness (QED) is 0.856. The number of nitrogens with zero attached hydrogens (tertiary/aromatic N) is 1. The first-order valence-corrected chi connectivity index (χ1v) is 6.06. The summed E-state index contributed by atoms with van der Waals surface area (Å²) < 4.78 is 0. The van der Waals surface area contributed by atoms with Crippen LogP contribution in [0, 0.1) is 0 Å². The number of rotatable bonds is 5. The molecule has 0 aromatic heterocycles. The van der Waals surface area contributed by atoms with Gasteiger partial charge in [0.25, 0.3) is 0 Å². The second-order valence-electron chi connectivity index (χ2n) is 4.29. The number of benzene rings is 1. The number of halogens is 1. The summed E-state index contributed by atoms with van der Waals surface area (Å²) in [5.74, 6) is 0. The number of aliphatic hydroxyl groups excluding tert-OH is 1. The van der Waals surface area contributed by atoms with Gasteiger partial charge in [-0.25, -0.2) is 0 Å². The highest BCUT2D eigenvalue weighted by Crippen LogP contribution is 2.24. The summed E-state index contributed by atoms with van der Waals surface area (Å²) in [5.41, 5.74) is 1.19. The smallest absolute Gasteiger partial charge is 0.0558 e. The van der Waals surface area contributed by atoms with Gasteiger partial charge < -0.3 is 5.11 Å². The van der Waals surface area contributed by atoms with Crippen molar-refractivity contribution in [3.05, 3.63) is 34.9 Å². The maximum atomic E-state index is 9.07. The van der Waals surface area contributed by atoms with Crippen molar-refractivity contribution in [1.29, 1.82) is 0 Å². The highest BCUT2D eigenvalue weighted by atomic mass is 35.5. The monoisotopic (exact) mass is 241 g/mol. The molecule has 0 radical (unpaired) electrons. The molecular weight excluding hydrogens is 222 g/mol. The first-order valence-electron chi connectivity index (χ1n) is 5.68. The van der Waals surface area contributed by atoms with Crippen LogP contribution >= 0.6 is 11.6 Å². The second kappa shape index (κ2) is 6.24. The van der Waals surface area contributed by atoms with Gasteiger partial charge in [0.15, 0.2) is 0 Å². The summed E-state index contributed by atoms with van der Waals surface area (Å²) >= 11 is 5.98. The lowest BCUT2D eigenvalue weighted by Crippen LogP contribution is -2.35. The van der Waals surface area contributed by atoms with Crippen LogP contribution in [-0.4, -0.2) is 29.2 Å². The van der Waals surface area contributed by atoms with E-state index in [1.807, 2.05) is 18.2 Å². The topological polar surface area (TPSA) is 23.5 Å². The predicted octanol–water partition coefficient (Wildman–Crippen LogP) is 3.10. The zero-order valence-electron chi connectivity index (χ0n) is 10.2. The van der Waals surface area contributed by atoms with Crippen molar-refractivity contribution < 1.29 is 5.11 Å². The fourth-order valence-electron chi connectivity index (χ4n) is 1.97. The zero-order valence-corrected chi connectivity index (χ0v) is 10.9. The van der Waals surface area contributed by atoms with E-state index in [2.05, 4.69) is 31.7 Å². The minimum absolute atomic E-state index is 0.184. The zero-order chi connectivity index (χ0) is 12.1. The van der Waals surface area contributed by atoms with Crippen molar-refractivity contribution in [2.45, 2.75) is 32.9 Å². The van der Waals surface area contributed by atoms with E-state index in [1.54, 1.807) is 0 Å². The van der Waals surface area contributed by atoms with Crippen molar-refractivity contribution in [3.63, 3.8) is 0 Å². The van der Waals surface area contributed by atoms with Crippen LogP contribution in [0.15, 0.2) is 24.3 Å². The lowest BCUT2D eigenvalue weighted by Gasteiger charge is -2.32. The number of hydrogen-bond donors (Lipinski definition) is 1. The second-order valence-corrected chi connectivity index (χ2v) is 4.72. The van der Waals surface area contributed by atoms with E-state index in [4.69, 9.17) is 16.7 Å². The van der Waals surface area contributed by atoms with Crippen LogP contribution in [0.4, 0.5) is 0 Å². The van der Waals surface area contributed by atoms with Gasteiger partial charge in [0, 0.05) is 23.7 Å². The Kier molecular flexibility index (Phi) is 5.26.